The summed E-state index contributed by atoms with van der Waals surface area (Å²) in [5.74, 6) is -0.603. The number of hydrogen-bond donors (Lipinski definition) is 1. The molecule has 3 aromatic rings. The van der Waals surface area contributed by atoms with Crippen LogP contribution >= 0.6 is 0 Å². The van der Waals surface area contributed by atoms with Crippen LogP contribution in [-0.2, 0) is 0 Å². The van der Waals surface area contributed by atoms with Crippen molar-refractivity contribution in [1.29, 1.82) is 0 Å². The molecule has 8 heteroatoms. The number of aromatic nitrogens is 1. The van der Waals surface area contributed by atoms with Gasteiger partial charge in [-0.15, -0.1) is 0 Å². The van der Waals surface area contributed by atoms with Crippen molar-refractivity contribution >= 4 is 17.3 Å². The molecule has 3 rings (SSSR count). The van der Waals surface area contributed by atoms with Crippen LogP contribution in [0.25, 0.3) is 0 Å². The fourth-order valence-electron chi connectivity index (χ4n) is 2.15. The van der Waals surface area contributed by atoms with Gasteiger partial charge in [-0.1, -0.05) is 6.07 Å². The maximum absolute atomic E-state index is 12.9. The van der Waals surface area contributed by atoms with Gasteiger partial charge in [0, 0.05) is 30.0 Å². The fourth-order valence-corrected chi connectivity index (χ4v) is 2.15. The molecule has 0 fully saturated rings. The molecule has 0 aliphatic heterocycles. The minimum atomic E-state index is -0.598. The predicted molar refractivity (Wildman–Crippen MR) is 91.8 cm³/mol. The molecule has 26 heavy (non-hydrogen) atoms. The maximum atomic E-state index is 12.9. The number of halogens is 1. The van der Waals surface area contributed by atoms with Crippen molar-refractivity contribution in [2.24, 2.45) is 0 Å². The van der Waals surface area contributed by atoms with Crippen molar-refractivity contribution in [1.82, 2.24) is 4.98 Å². The van der Waals surface area contributed by atoms with Gasteiger partial charge >= 0.3 is 0 Å². The summed E-state index contributed by atoms with van der Waals surface area (Å²) >= 11 is 0. The minimum Gasteiger partial charge on any atom is -0.439 e. The Kier molecular flexibility index (Phi) is 4.84. The number of ether oxygens (including phenoxy) is 1. The van der Waals surface area contributed by atoms with E-state index in [1.807, 2.05) is 0 Å². The van der Waals surface area contributed by atoms with Crippen LogP contribution in [0.15, 0.2) is 66.9 Å². The molecule has 0 spiro atoms. The van der Waals surface area contributed by atoms with E-state index in [9.17, 15) is 19.3 Å². The topological polar surface area (TPSA) is 94.4 Å². The SMILES string of the molecule is O=C(Nc1cc(Oc2ccccn2)cc([N+](=O)[O-])c1)c1ccc(F)cc1. The van der Waals surface area contributed by atoms with Crippen molar-refractivity contribution in [3.05, 3.63) is 88.4 Å². The largest absolute Gasteiger partial charge is 0.439 e. The van der Waals surface area contributed by atoms with Gasteiger partial charge in [-0.05, 0) is 30.3 Å². The first-order valence-corrected chi connectivity index (χ1v) is 7.46. The Labute approximate surface area is 147 Å². The van der Waals surface area contributed by atoms with Crippen LogP contribution in [0.4, 0.5) is 15.8 Å². The molecule has 0 bridgehead atoms. The number of pyridine rings is 1. The van der Waals surface area contributed by atoms with E-state index in [-0.39, 0.29) is 28.6 Å². The van der Waals surface area contributed by atoms with Crippen molar-refractivity contribution in [2.75, 3.05) is 5.32 Å². The van der Waals surface area contributed by atoms with Crippen LogP contribution in [0, 0.1) is 15.9 Å². The van der Waals surface area contributed by atoms with E-state index in [2.05, 4.69) is 10.3 Å². The van der Waals surface area contributed by atoms with Crippen molar-refractivity contribution in [2.45, 2.75) is 0 Å². The molecular weight excluding hydrogens is 341 g/mol. The van der Waals surface area contributed by atoms with Gasteiger partial charge < -0.3 is 10.1 Å². The van der Waals surface area contributed by atoms with Crippen LogP contribution in [-0.4, -0.2) is 15.8 Å². The summed E-state index contributed by atoms with van der Waals surface area (Å²) in [6.07, 6.45) is 1.52. The summed E-state index contributed by atoms with van der Waals surface area (Å²) in [5, 5.41) is 13.7. The van der Waals surface area contributed by atoms with Gasteiger partial charge in [-0.2, -0.15) is 0 Å². The Morgan fingerprint density at radius 3 is 2.54 bits per heavy atom. The van der Waals surface area contributed by atoms with Crippen LogP contribution in [0.2, 0.25) is 0 Å². The molecule has 7 nitrogen and oxygen atoms in total. The Balaban J connectivity index is 1.87. The number of amides is 1. The molecule has 0 saturated carbocycles. The van der Waals surface area contributed by atoms with E-state index < -0.39 is 16.6 Å². The monoisotopic (exact) mass is 353 g/mol. The Bertz CT molecular complexity index is 946. The summed E-state index contributed by atoms with van der Waals surface area (Å²) in [6, 6.07) is 13.8. The molecule has 2 aromatic carbocycles. The lowest BCUT2D eigenvalue weighted by atomic mass is 10.2. The highest BCUT2D eigenvalue weighted by Gasteiger charge is 2.14. The van der Waals surface area contributed by atoms with Crippen LogP contribution in [0.5, 0.6) is 11.6 Å². The summed E-state index contributed by atoms with van der Waals surface area (Å²) in [4.78, 5) is 26.7. The number of nitrogens with zero attached hydrogens (tertiary/aromatic N) is 2. The number of nitro groups is 1. The molecule has 0 aliphatic carbocycles. The Hall–Kier alpha value is -3.81. The molecular formula is C18H12FN3O4. The molecule has 0 radical (unpaired) electrons. The first kappa shape index (κ1) is 17.0. The smallest absolute Gasteiger partial charge is 0.275 e. The lowest BCUT2D eigenvalue weighted by molar-refractivity contribution is -0.384. The number of hydrogen-bond acceptors (Lipinski definition) is 5. The average Bonchev–Trinajstić information content (AvgIpc) is 2.63. The van der Waals surface area contributed by atoms with E-state index in [1.54, 1.807) is 18.2 Å². The molecule has 0 unspecified atom stereocenters. The van der Waals surface area contributed by atoms with E-state index >= 15 is 0 Å². The molecule has 0 atom stereocenters. The normalized spacial score (nSPS) is 10.2. The third kappa shape index (κ3) is 4.18. The fraction of sp³-hybridized carbons (Fsp3) is 0. The molecule has 1 amide bonds. The van der Waals surface area contributed by atoms with Gasteiger partial charge in [0.2, 0.25) is 5.88 Å². The number of non-ortho nitro benzene ring substituents is 1. The number of carbonyl (C=O) groups excluding carboxylic acids is 1. The second kappa shape index (κ2) is 7.39. The zero-order valence-corrected chi connectivity index (χ0v) is 13.3. The van der Waals surface area contributed by atoms with Gasteiger partial charge in [0.15, 0.2) is 0 Å². The number of benzene rings is 2. The van der Waals surface area contributed by atoms with Crippen molar-refractivity contribution < 1.29 is 18.8 Å². The first-order valence-electron chi connectivity index (χ1n) is 7.46. The molecule has 130 valence electrons. The van der Waals surface area contributed by atoms with Gasteiger partial charge in [-0.25, -0.2) is 9.37 Å². The summed E-state index contributed by atoms with van der Waals surface area (Å²) in [5.41, 5.74) is 0.123. The van der Waals surface area contributed by atoms with Crippen LogP contribution in [0.1, 0.15) is 10.4 Å². The van der Waals surface area contributed by atoms with Gasteiger partial charge in [0.05, 0.1) is 16.7 Å². The first-order chi connectivity index (χ1) is 12.5. The molecule has 1 aromatic heterocycles. The van der Waals surface area contributed by atoms with E-state index in [4.69, 9.17) is 4.74 Å². The highest BCUT2D eigenvalue weighted by atomic mass is 19.1. The highest BCUT2D eigenvalue weighted by molar-refractivity contribution is 6.04. The van der Waals surface area contributed by atoms with Gasteiger partial charge in [0.25, 0.3) is 11.6 Å². The zero-order valence-electron chi connectivity index (χ0n) is 13.3. The van der Waals surface area contributed by atoms with Gasteiger partial charge in [-0.3, -0.25) is 14.9 Å². The third-order valence-corrected chi connectivity index (χ3v) is 3.33. The van der Waals surface area contributed by atoms with E-state index in [0.717, 1.165) is 12.1 Å². The second-order valence-electron chi connectivity index (χ2n) is 5.20. The number of nitro benzene ring substituents is 1. The number of carbonyl (C=O) groups is 1. The van der Waals surface area contributed by atoms with Crippen molar-refractivity contribution in [3.8, 4) is 11.6 Å². The number of nitrogens with one attached hydrogen (secondary N) is 1. The molecule has 1 heterocycles. The average molecular weight is 353 g/mol. The summed E-state index contributed by atoms with van der Waals surface area (Å²) in [6.45, 7) is 0. The second-order valence-corrected chi connectivity index (χ2v) is 5.20. The zero-order chi connectivity index (χ0) is 18.5. The lowest BCUT2D eigenvalue weighted by Gasteiger charge is -2.09. The molecule has 1 N–H and O–H groups in total. The standard InChI is InChI=1S/C18H12FN3O4/c19-13-6-4-12(5-7-13)18(23)21-14-9-15(22(24)25)11-16(10-14)26-17-3-1-2-8-20-17/h1-11H,(H,21,23). The van der Waals surface area contributed by atoms with E-state index in [0.29, 0.717) is 0 Å². The molecule has 0 saturated heterocycles. The number of rotatable bonds is 5. The van der Waals surface area contributed by atoms with Crippen LogP contribution < -0.4 is 10.1 Å². The Morgan fingerprint density at radius 2 is 1.88 bits per heavy atom. The van der Waals surface area contributed by atoms with Crippen molar-refractivity contribution in [3.63, 3.8) is 0 Å². The maximum Gasteiger partial charge on any atom is 0.275 e. The van der Waals surface area contributed by atoms with Gasteiger partial charge in [0.1, 0.15) is 11.6 Å². The molecule has 0 aliphatic rings. The number of anilines is 1. The summed E-state index contributed by atoms with van der Waals surface area (Å²) < 4.78 is 18.4. The third-order valence-electron chi connectivity index (χ3n) is 3.33. The van der Waals surface area contributed by atoms with Crippen LogP contribution in [0.3, 0.4) is 0 Å². The summed E-state index contributed by atoms with van der Waals surface area (Å²) in [7, 11) is 0. The minimum absolute atomic E-state index is 0.146. The lowest BCUT2D eigenvalue weighted by Crippen LogP contribution is -2.12. The quantitative estimate of drug-likeness (QED) is 0.549. The predicted octanol–water partition coefficient (Wildman–Crippen LogP) is 4.17. The highest BCUT2D eigenvalue weighted by Crippen LogP contribution is 2.29. The van der Waals surface area contributed by atoms with E-state index in [1.165, 1.54) is 36.5 Å². The Morgan fingerprint density at radius 1 is 1.12 bits per heavy atom.